The molecule has 0 bridgehead atoms. The Hall–Kier alpha value is -1.75. The van der Waals surface area contributed by atoms with E-state index in [2.05, 4.69) is 34.4 Å². The molecule has 1 aromatic carbocycles. The Balaban J connectivity index is 1.87. The summed E-state index contributed by atoms with van der Waals surface area (Å²) in [5, 5.41) is 3.42. The number of hydrogen-bond acceptors (Lipinski definition) is 4. The minimum absolute atomic E-state index is 0.463. The van der Waals surface area contributed by atoms with Crippen molar-refractivity contribution in [2.45, 2.75) is 45.8 Å². The first-order chi connectivity index (χ1) is 9.46. The summed E-state index contributed by atoms with van der Waals surface area (Å²) in [5.41, 5.74) is 8.66. The molecule has 5 heteroatoms. The van der Waals surface area contributed by atoms with Crippen molar-refractivity contribution in [3.63, 3.8) is 0 Å². The molecule has 0 saturated heterocycles. The highest BCUT2D eigenvalue weighted by atomic mass is 16.6. The standard InChI is InChI=1S/C15H23N3O2/c1-15(2,3)20-14(19)18-17-10-12-7-4-6-11-8-5-9-16-13(11)12/h4,6-7,16-17H,5,8-10H2,1-3H3,(H,18,19). The SMILES string of the molecule is CC(C)(C)OC(=O)NNCc1cccc2c1NCCC2. The van der Waals surface area contributed by atoms with Gasteiger partial charge in [-0.2, -0.15) is 0 Å². The molecule has 1 aliphatic heterocycles. The number of benzene rings is 1. The Bertz CT molecular complexity index is 480. The number of hydrogen-bond donors (Lipinski definition) is 3. The van der Waals surface area contributed by atoms with Gasteiger partial charge < -0.3 is 10.1 Å². The molecule has 3 N–H and O–H groups in total. The van der Waals surface area contributed by atoms with E-state index in [1.165, 1.54) is 17.7 Å². The van der Waals surface area contributed by atoms with Gasteiger partial charge in [-0.1, -0.05) is 18.2 Å². The second-order valence-electron chi connectivity index (χ2n) is 5.96. The zero-order valence-electron chi connectivity index (χ0n) is 12.4. The summed E-state index contributed by atoms with van der Waals surface area (Å²) in [7, 11) is 0. The molecule has 2 rings (SSSR count). The van der Waals surface area contributed by atoms with Gasteiger partial charge in [-0.15, -0.1) is 0 Å². The van der Waals surface area contributed by atoms with Crippen LogP contribution >= 0.6 is 0 Å². The quantitative estimate of drug-likeness (QED) is 0.743. The third-order valence-corrected chi connectivity index (χ3v) is 3.03. The highest BCUT2D eigenvalue weighted by molar-refractivity contribution is 5.67. The molecule has 5 nitrogen and oxygen atoms in total. The Morgan fingerprint density at radius 3 is 2.95 bits per heavy atom. The van der Waals surface area contributed by atoms with E-state index in [-0.39, 0.29) is 0 Å². The number of fused-ring (bicyclic) bond motifs is 1. The maximum Gasteiger partial charge on any atom is 0.422 e. The van der Waals surface area contributed by atoms with Crippen LogP contribution in [0.25, 0.3) is 0 Å². The lowest BCUT2D eigenvalue weighted by Gasteiger charge is -2.22. The van der Waals surface area contributed by atoms with Crippen LogP contribution in [0.5, 0.6) is 0 Å². The van der Waals surface area contributed by atoms with Gasteiger partial charge in [0.1, 0.15) is 5.60 Å². The highest BCUT2D eigenvalue weighted by Gasteiger charge is 2.16. The second kappa shape index (κ2) is 6.13. The Morgan fingerprint density at radius 1 is 1.40 bits per heavy atom. The first kappa shape index (κ1) is 14.7. The van der Waals surface area contributed by atoms with Gasteiger partial charge in [0, 0.05) is 18.8 Å². The predicted octanol–water partition coefficient (Wildman–Crippen LogP) is 2.57. The lowest BCUT2D eigenvalue weighted by Crippen LogP contribution is -2.40. The fraction of sp³-hybridized carbons (Fsp3) is 0.533. The predicted molar refractivity (Wildman–Crippen MR) is 79.5 cm³/mol. The molecule has 0 unspecified atom stereocenters. The molecule has 0 spiro atoms. The van der Waals surface area contributed by atoms with Gasteiger partial charge in [-0.25, -0.2) is 10.2 Å². The van der Waals surface area contributed by atoms with Crippen LogP contribution in [0.2, 0.25) is 0 Å². The molecule has 20 heavy (non-hydrogen) atoms. The van der Waals surface area contributed by atoms with Gasteiger partial charge in [0.25, 0.3) is 0 Å². The number of amides is 1. The zero-order valence-corrected chi connectivity index (χ0v) is 12.4. The van der Waals surface area contributed by atoms with Crippen molar-refractivity contribution in [2.24, 2.45) is 0 Å². The van der Waals surface area contributed by atoms with Crippen LogP contribution in [-0.2, 0) is 17.7 Å². The molecular weight excluding hydrogens is 254 g/mol. The number of nitrogens with one attached hydrogen (secondary N) is 3. The number of rotatable bonds is 3. The number of anilines is 1. The number of ether oxygens (including phenoxy) is 1. The summed E-state index contributed by atoms with van der Waals surface area (Å²) in [6.07, 6.45) is 1.81. The number of carbonyl (C=O) groups is 1. The van der Waals surface area contributed by atoms with Crippen LogP contribution in [-0.4, -0.2) is 18.2 Å². The maximum atomic E-state index is 11.5. The molecule has 0 aliphatic carbocycles. The number of para-hydroxylation sites is 1. The first-order valence-electron chi connectivity index (χ1n) is 7.02. The molecule has 0 radical (unpaired) electrons. The van der Waals surface area contributed by atoms with Gasteiger partial charge in [0.15, 0.2) is 0 Å². The summed E-state index contributed by atoms with van der Waals surface area (Å²) < 4.78 is 5.16. The molecule has 0 saturated carbocycles. The Morgan fingerprint density at radius 2 is 2.20 bits per heavy atom. The van der Waals surface area contributed by atoms with Crippen molar-refractivity contribution < 1.29 is 9.53 Å². The summed E-state index contributed by atoms with van der Waals surface area (Å²) in [4.78, 5) is 11.5. The van der Waals surface area contributed by atoms with E-state index in [0.29, 0.717) is 6.54 Å². The molecule has 110 valence electrons. The van der Waals surface area contributed by atoms with Crippen molar-refractivity contribution in [1.29, 1.82) is 0 Å². The summed E-state index contributed by atoms with van der Waals surface area (Å²) >= 11 is 0. The van der Waals surface area contributed by atoms with E-state index in [1.807, 2.05) is 20.8 Å². The topological polar surface area (TPSA) is 62.4 Å². The van der Waals surface area contributed by atoms with Crippen LogP contribution in [0.15, 0.2) is 18.2 Å². The minimum atomic E-state index is -0.487. The average Bonchev–Trinajstić information content (AvgIpc) is 2.37. The lowest BCUT2D eigenvalue weighted by atomic mass is 9.99. The van der Waals surface area contributed by atoms with E-state index < -0.39 is 11.7 Å². The molecular formula is C15H23N3O2. The average molecular weight is 277 g/mol. The van der Waals surface area contributed by atoms with Gasteiger partial charge in [-0.05, 0) is 44.7 Å². The molecule has 1 amide bonds. The zero-order chi connectivity index (χ0) is 14.6. The van der Waals surface area contributed by atoms with E-state index in [9.17, 15) is 4.79 Å². The summed E-state index contributed by atoms with van der Waals surface area (Å²) in [5.74, 6) is 0. The fourth-order valence-electron chi connectivity index (χ4n) is 2.24. The maximum absolute atomic E-state index is 11.5. The van der Waals surface area contributed by atoms with Crippen LogP contribution in [0, 0.1) is 0 Å². The van der Waals surface area contributed by atoms with Crippen molar-refractivity contribution in [3.8, 4) is 0 Å². The molecule has 1 aromatic rings. The van der Waals surface area contributed by atoms with Crippen LogP contribution in [0.1, 0.15) is 38.3 Å². The number of carbonyl (C=O) groups excluding carboxylic acids is 1. The van der Waals surface area contributed by atoms with Crippen molar-refractivity contribution in [2.75, 3.05) is 11.9 Å². The van der Waals surface area contributed by atoms with E-state index in [0.717, 1.165) is 18.5 Å². The van der Waals surface area contributed by atoms with Crippen LogP contribution in [0.3, 0.4) is 0 Å². The van der Waals surface area contributed by atoms with Crippen LogP contribution < -0.4 is 16.2 Å². The second-order valence-corrected chi connectivity index (χ2v) is 5.96. The molecule has 0 aromatic heterocycles. The molecule has 1 heterocycles. The Labute approximate surface area is 120 Å². The normalized spacial score (nSPS) is 14.2. The van der Waals surface area contributed by atoms with E-state index in [4.69, 9.17) is 4.74 Å². The summed E-state index contributed by atoms with van der Waals surface area (Å²) in [6.45, 7) is 7.08. The van der Waals surface area contributed by atoms with Gasteiger partial charge in [0.2, 0.25) is 0 Å². The van der Waals surface area contributed by atoms with E-state index in [1.54, 1.807) is 0 Å². The van der Waals surface area contributed by atoms with Gasteiger partial charge in [-0.3, -0.25) is 5.43 Å². The monoisotopic (exact) mass is 277 g/mol. The molecule has 0 fully saturated rings. The Kier molecular flexibility index (Phi) is 4.49. The molecule has 1 aliphatic rings. The van der Waals surface area contributed by atoms with Crippen LogP contribution in [0.4, 0.5) is 10.5 Å². The minimum Gasteiger partial charge on any atom is -0.443 e. The number of hydrazine groups is 1. The van der Waals surface area contributed by atoms with Crippen molar-refractivity contribution in [3.05, 3.63) is 29.3 Å². The fourth-order valence-corrected chi connectivity index (χ4v) is 2.24. The van der Waals surface area contributed by atoms with Crippen molar-refractivity contribution in [1.82, 2.24) is 10.9 Å². The third kappa shape index (κ3) is 4.13. The lowest BCUT2D eigenvalue weighted by molar-refractivity contribution is 0.0497. The van der Waals surface area contributed by atoms with Gasteiger partial charge in [0.05, 0.1) is 0 Å². The summed E-state index contributed by atoms with van der Waals surface area (Å²) in [6, 6.07) is 6.25. The largest absolute Gasteiger partial charge is 0.443 e. The number of aryl methyl sites for hydroxylation is 1. The molecule has 0 atom stereocenters. The van der Waals surface area contributed by atoms with Gasteiger partial charge >= 0.3 is 6.09 Å². The van der Waals surface area contributed by atoms with E-state index >= 15 is 0 Å². The smallest absolute Gasteiger partial charge is 0.422 e. The van der Waals surface area contributed by atoms with Crippen molar-refractivity contribution >= 4 is 11.8 Å². The first-order valence-corrected chi connectivity index (χ1v) is 7.02. The highest BCUT2D eigenvalue weighted by Crippen LogP contribution is 2.25. The third-order valence-electron chi connectivity index (χ3n) is 3.03.